The maximum absolute atomic E-state index is 12.3. The highest BCUT2D eigenvalue weighted by Gasteiger charge is 2.25. The normalized spacial score (nSPS) is 22.4. The Morgan fingerprint density at radius 2 is 2.19 bits per heavy atom. The second-order valence-corrected chi connectivity index (χ2v) is 5.31. The maximum Gasteiger partial charge on any atom is 0.263 e. The van der Waals surface area contributed by atoms with Gasteiger partial charge in [0.25, 0.3) is 5.91 Å². The molecule has 2 aliphatic heterocycles. The smallest absolute Gasteiger partial charge is 0.263 e. The lowest BCUT2D eigenvalue weighted by Crippen LogP contribution is -2.46. The molecule has 1 saturated heterocycles. The Morgan fingerprint density at radius 3 is 2.95 bits per heavy atom. The number of morpholine rings is 1. The van der Waals surface area contributed by atoms with Crippen molar-refractivity contribution in [2.75, 3.05) is 32.9 Å². The number of ether oxygens (including phenoxy) is 3. The van der Waals surface area contributed by atoms with E-state index in [1.54, 1.807) is 17.9 Å². The number of hydrogen-bond donors (Lipinski definition) is 1. The largest absolute Gasteiger partial charge is 0.491 e. The van der Waals surface area contributed by atoms with Crippen LogP contribution in [0, 0.1) is 0 Å². The van der Waals surface area contributed by atoms with Gasteiger partial charge >= 0.3 is 0 Å². The van der Waals surface area contributed by atoms with Gasteiger partial charge < -0.3 is 24.8 Å². The number of nitrogens with two attached hydrogens (primary N) is 1. The fourth-order valence-corrected chi connectivity index (χ4v) is 2.58. The van der Waals surface area contributed by atoms with Crippen LogP contribution in [0.15, 0.2) is 18.2 Å². The van der Waals surface area contributed by atoms with Crippen LogP contribution in [0.3, 0.4) is 0 Å². The van der Waals surface area contributed by atoms with Gasteiger partial charge in [0.15, 0.2) is 6.10 Å². The van der Waals surface area contributed by atoms with Gasteiger partial charge in [-0.1, -0.05) is 0 Å². The molecule has 3 rings (SSSR count). The Kier molecular flexibility index (Phi) is 3.98. The third-order valence-corrected chi connectivity index (χ3v) is 3.79. The summed E-state index contributed by atoms with van der Waals surface area (Å²) in [5.41, 5.74) is 6.89. The topological polar surface area (TPSA) is 74.0 Å². The lowest BCUT2D eigenvalue weighted by molar-refractivity contribution is -0.142. The van der Waals surface area contributed by atoms with E-state index in [4.69, 9.17) is 19.9 Å². The molecule has 0 spiro atoms. The SMILES string of the molecule is CC(Oc1ccc2c(c1)OCC2N)C(=O)N1CCOCC1. The molecular weight excluding hydrogens is 272 g/mol. The van der Waals surface area contributed by atoms with Crippen molar-refractivity contribution in [3.05, 3.63) is 23.8 Å². The first-order valence-corrected chi connectivity index (χ1v) is 7.20. The van der Waals surface area contributed by atoms with Gasteiger partial charge in [0.1, 0.15) is 18.1 Å². The summed E-state index contributed by atoms with van der Waals surface area (Å²) >= 11 is 0. The van der Waals surface area contributed by atoms with Crippen LogP contribution in [0.2, 0.25) is 0 Å². The molecule has 0 bridgehead atoms. The molecule has 1 amide bonds. The van der Waals surface area contributed by atoms with Gasteiger partial charge in [0.05, 0.1) is 19.3 Å². The van der Waals surface area contributed by atoms with Gasteiger partial charge in [-0.15, -0.1) is 0 Å². The van der Waals surface area contributed by atoms with Gasteiger partial charge in [-0.3, -0.25) is 4.79 Å². The predicted molar refractivity (Wildman–Crippen MR) is 76.4 cm³/mol. The molecule has 1 aromatic carbocycles. The summed E-state index contributed by atoms with van der Waals surface area (Å²) in [6, 6.07) is 5.44. The summed E-state index contributed by atoms with van der Waals surface area (Å²) in [5, 5.41) is 0. The third kappa shape index (κ3) is 2.96. The van der Waals surface area contributed by atoms with Crippen molar-refractivity contribution in [3.63, 3.8) is 0 Å². The van der Waals surface area contributed by atoms with Gasteiger partial charge in [-0.25, -0.2) is 0 Å². The zero-order valence-corrected chi connectivity index (χ0v) is 12.1. The minimum atomic E-state index is -0.531. The van der Waals surface area contributed by atoms with Gasteiger partial charge in [0, 0.05) is 24.7 Å². The molecule has 6 heteroatoms. The van der Waals surface area contributed by atoms with Crippen molar-refractivity contribution in [2.45, 2.75) is 19.1 Å². The van der Waals surface area contributed by atoms with E-state index >= 15 is 0 Å². The third-order valence-electron chi connectivity index (χ3n) is 3.79. The van der Waals surface area contributed by atoms with Crippen LogP contribution in [-0.2, 0) is 9.53 Å². The molecule has 0 radical (unpaired) electrons. The minimum Gasteiger partial charge on any atom is -0.491 e. The summed E-state index contributed by atoms with van der Waals surface area (Å²) in [4.78, 5) is 14.1. The van der Waals surface area contributed by atoms with Crippen molar-refractivity contribution < 1.29 is 19.0 Å². The number of amides is 1. The predicted octanol–water partition coefficient (Wildman–Crippen LogP) is 0.705. The molecule has 0 aliphatic carbocycles. The lowest BCUT2D eigenvalue weighted by atomic mass is 10.1. The van der Waals surface area contributed by atoms with E-state index in [2.05, 4.69) is 0 Å². The summed E-state index contributed by atoms with van der Waals surface area (Å²) < 4.78 is 16.5. The molecule has 6 nitrogen and oxygen atoms in total. The molecule has 2 unspecified atom stereocenters. The molecule has 2 heterocycles. The number of carbonyl (C=O) groups excluding carboxylic acids is 1. The van der Waals surface area contributed by atoms with Crippen molar-refractivity contribution in [1.29, 1.82) is 0 Å². The van der Waals surface area contributed by atoms with Gasteiger partial charge in [-0.2, -0.15) is 0 Å². The molecule has 114 valence electrons. The van der Waals surface area contributed by atoms with Crippen molar-refractivity contribution in [3.8, 4) is 11.5 Å². The van der Waals surface area contributed by atoms with E-state index in [1.165, 1.54) is 0 Å². The first-order chi connectivity index (χ1) is 10.1. The number of rotatable bonds is 3. The average molecular weight is 292 g/mol. The molecule has 0 saturated carbocycles. The zero-order valence-electron chi connectivity index (χ0n) is 12.1. The van der Waals surface area contributed by atoms with E-state index in [1.807, 2.05) is 12.1 Å². The lowest BCUT2D eigenvalue weighted by Gasteiger charge is -2.29. The van der Waals surface area contributed by atoms with Crippen LogP contribution in [0.25, 0.3) is 0 Å². The van der Waals surface area contributed by atoms with E-state index in [-0.39, 0.29) is 11.9 Å². The number of nitrogens with zero attached hydrogens (tertiary/aromatic N) is 1. The molecule has 21 heavy (non-hydrogen) atoms. The molecule has 1 aromatic rings. The quantitative estimate of drug-likeness (QED) is 0.888. The van der Waals surface area contributed by atoms with Crippen LogP contribution < -0.4 is 15.2 Å². The summed E-state index contributed by atoms with van der Waals surface area (Å²) in [6.07, 6.45) is -0.531. The standard InChI is InChI=1S/C15H20N2O4/c1-10(15(18)17-4-6-19-7-5-17)21-11-2-3-12-13(16)9-20-14(12)8-11/h2-3,8,10,13H,4-7,9,16H2,1H3. The van der Waals surface area contributed by atoms with Crippen molar-refractivity contribution in [1.82, 2.24) is 4.90 Å². The highest BCUT2D eigenvalue weighted by Crippen LogP contribution is 2.34. The van der Waals surface area contributed by atoms with Crippen LogP contribution in [0.4, 0.5) is 0 Å². The van der Waals surface area contributed by atoms with E-state index in [0.29, 0.717) is 38.7 Å². The minimum absolute atomic E-state index is 0.0172. The molecule has 2 aliphatic rings. The van der Waals surface area contributed by atoms with E-state index in [9.17, 15) is 4.79 Å². The Morgan fingerprint density at radius 1 is 1.43 bits per heavy atom. The summed E-state index contributed by atoms with van der Waals surface area (Å²) in [5.74, 6) is 1.35. The Hall–Kier alpha value is -1.79. The Balaban J connectivity index is 1.64. The van der Waals surface area contributed by atoms with Gasteiger partial charge in [-0.05, 0) is 19.1 Å². The van der Waals surface area contributed by atoms with E-state index < -0.39 is 6.10 Å². The highest BCUT2D eigenvalue weighted by molar-refractivity contribution is 5.81. The molecule has 1 fully saturated rings. The van der Waals surface area contributed by atoms with Crippen LogP contribution in [0.1, 0.15) is 18.5 Å². The molecular formula is C15H20N2O4. The second-order valence-electron chi connectivity index (χ2n) is 5.31. The van der Waals surface area contributed by atoms with E-state index in [0.717, 1.165) is 11.3 Å². The van der Waals surface area contributed by atoms with Crippen molar-refractivity contribution >= 4 is 5.91 Å². The average Bonchev–Trinajstić information content (AvgIpc) is 2.88. The number of hydrogen-bond acceptors (Lipinski definition) is 5. The van der Waals surface area contributed by atoms with Crippen LogP contribution in [0.5, 0.6) is 11.5 Å². The molecule has 2 N–H and O–H groups in total. The summed E-state index contributed by atoms with van der Waals surface area (Å²) in [6.45, 7) is 4.66. The first kappa shape index (κ1) is 14.2. The fourth-order valence-electron chi connectivity index (χ4n) is 2.58. The van der Waals surface area contributed by atoms with Gasteiger partial charge in [0.2, 0.25) is 0 Å². The fraction of sp³-hybridized carbons (Fsp3) is 0.533. The number of fused-ring (bicyclic) bond motifs is 1. The van der Waals surface area contributed by atoms with Crippen LogP contribution >= 0.6 is 0 Å². The molecule has 0 aromatic heterocycles. The monoisotopic (exact) mass is 292 g/mol. The number of benzene rings is 1. The maximum atomic E-state index is 12.3. The summed E-state index contributed by atoms with van der Waals surface area (Å²) in [7, 11) is 0. The Labute approximate surface area is 123 Å². The second kappa shape index (κ2) is 5.91. The number of carbonyl (C=O) groups is 1. The Bertz CT molecular complexity index is 528. The highest BCUT2D eigenvalue weighted by atomic mass is 16.5. The van der Waals surface area contributed by atoms with Crippen LogP contribution in [-0.4, -0.2) is 49.8 Å². The van der Waals surface area contributed by atoms with Crippen molar-refractivity contribution in [2.24, 2.45) is 5.73 Å². The zero-order chi connectivity index (χ0) is 14.8. The first-order valence-electron chi connectivity index (χ1n) is 7.20. The molecule has 2 atom stereocenters.